The molecule has 2 atom stereocenters. The van der Waals surface area contributed by atoms with Gasteiger partial charge in [-0.2, -0.15) is 0 Å². The maximum atomic E-state index is 6.04. The molecule has 1 aliphatic rings. The monoisotopic (exact) mass is 482 g/mol. The summed E-state index contributed by atoms with van der Waals surface area (Å²) in [6, 6.07) is 24.2. The average Bonchev–Trinajstić information content (AvgIpc) is 3.47. The Morgan fingerprint density at radius 2 is 1.60 bits per heavy atom. The van der Waals surface area contributed by atoms with Crippen LogP contribution in [0.5, 0.6) is 11.5 Å². The lowest BCUT2D eigenvalue weighted by Crippen LogP contribution is -2.29. The van der Waals surface area contributed by atoms with Gasteiger partial charge in [-0.25, -0.2) is 0 Å². The quantitative estimate of drug-likeness (QED) is 0.313. The molecule has 0 radical (unpaired) electrons. The van der Waals surface area contributed by atoms with E-state index in [-0.39, 0.29) is 17.6 Å². The minimum Gasteiger partial charge on any atom is -0.457 e. The summed E-state index contributed by atoms with van der Waals surface area (Å²) in [6.07, 6.45) is 6.19. The Labute approximate surface area is 212 Å². The Balaban J connectivity index is 1.49. The summed E-state index contributed by atoms with van der Waals surface area (Å²) >= 11 is 5.86. The SMILES string of the molecule is Cc1ccc(Oc2ccc(N3C(=S)N[C@@H](c4ccccn4)[C@H]3c3ccn(C(C)(C)C)c3)cc2)cc1. The van der Waals surface area contributed by atoms with E-state index in [4.69, 9.17) is 17.0 Å². The van der Waals surface area contributed by atoms with E-state index in [2.05, 4.69) is 84.1 Å². The van der Waals surface area contributed by atoms with Crippen molar-refractivity contribution in [2.24, 2.45) is 0 Å². The fourth-order valence-corrected chi connectivity index (χ4v) is 4.74. The molecule has 35 heavy (non-hydrogen) atoms. The third-order valence-corrected chi connectivity index (χ3v) is 6.62. The van der Waals surface area contributed by atoms with Crippen LogP contribution in [0.25, 0.3) is 0 Å². The van der Waals surface area contributed by atoms with Crippen LogP contribution in [-0.4, -0.2) is 14.7 Å². The Morgan fingerprint density at radius 1 is 0.914 bits per heavy atom. The number of anilines is 1. The molecule has 0 unspecified atom stereocenters. The second kappa shape index (κ2) is 9.19. The third kappa shape index (κ3) is 4.80. The molecule has 1 N–H and O–H groups in total. The smallest absolute Gasteiger partial charge is 0.174 e. The summed E-state index contributed by atoms with van der Waals surface area (Å²) in [5.41, 5.74) is 4.35. The highest BCUT2D eigenvalue weighted by Gasteiger charge is 2.41. The lowest BCUT2D eigenvalue weighted by molar-refractivity contribution is 0.397. The predicted octanol–water partition coefficient (Wildman–Crippen LogP) is 6.92. The molecule has 1 fully saturated rings. The van der Waals surface area contributed by atoms with Crippen LogP contribution in [0, 0.1) is 6.92 Å². The van der Waals surface area contributed by atoms with Gasteiger partial charge >= 0.3 is 0 Å². The summed E-state index contributed by atoms with van der Waals surface area (Å²) in [4.78, 5) is 6.83. The van der Waals surface area contributed by atoms with Crippen LogP contribution in [0.2, 0.25) is 0 Å². The number of nitrogens with zero attached hydrogens (tertiary/aromatic N) is 3. The van der Waals surface area contributed by atoms with Gasteiger partial charge < -0.3 is 19.5 Å². The molecule has 1 aliphatic heterocycles. The van der Waals surface area contributed by atoms with Crippen molar-refractivity contribution in [3.63, 3.8) is 0 Å². The van der Waals surface area contributed by atoms with Crippen molar-refractivity contribution in [1.29, 1.82) is 0 Å². The summed E-state index contributed by atoms with van der Waals surface area (Å²) in [6.45, 7) is 8.68. The van der Waals surface area contributed by atoms with Crippen molar-refractivity contribution in [1.82, 2.24) is 14.9 Å². The van der Waals surface area contributed by atoms with E-state index in [1.807, 2.05) is 54.7 Å². The summed E-state index contributed by atoms with van der Waals surface area (Å²) < 4.78 is 8.29. The second-order valence-corrected chi connectivity index (χ2v) is 10.3. The zero-order chi connectivity index (χ0) is 24.6. The highest BCUT2D eigenvalue weighted by atomic mass is 32.1. The minimum absolute atomic E-state index is 0.00885. The summed E-state index contributed by atoms with van der Waals surface area (Å²) in [5, 5.41) is 4.21. The molecule has 178 valence electrons. The molecule has 4 aromatic rings. The molecule has 0 saturated carbocycles. The van der Waals surface area contributed by atoms with E-state index in [1.54, 1.807) is 0 Å². The number of aromatic nitrogens is 2. The number of hydrogen-bond donors (Lipinski definition) is 1. The standard InChI is InChI=1S/C29H30N4OS/c1-20-8-12-23(13-9-20)34-24-14-10-22(11-15-24)33-27(21-16-18-32(19-21)29(2,3)4)26(31-28(33)35)25-7-5-6-17-30-25/h5-19,26-27H,1-4H3,(H,31,35)/t26-,27+/m0/s1. The first-order valence-electron chi connectivity index (χ1n) is 11.8. The molecule has 5 rings (SSSR count). The predicted molar refractivity (Wildman–Crippen MR) is 145 cm³/mol. The molecule has 0 bridgehead atoms. The van der Waals surface area contributed by atoms with E-state index in [1.165, 1.54) is 11.1 Å². The Hall–Kier alpha value is -3.64. The fraction of sp³-hybridized carbons (Fsp3) is 0.241. The van der Waals surface area contributed by atoms with E-state index >= 15 is 0 Å². The van der Waals surface area contributed by atoms with Crippen molar-refractivity contribution in [3.8, 4) is 11.5 Å². The molecule has 0 amide bonds. The van der Waals surface area contributed by atoms with Crippen molar-refractivity contribution >= 4 is 23.0 Å². The highest BCUT2D eigenvalue weighted by Crippen LogP contribution is 2.42. The van der Waals surface area contributed by atoms with Crippen LogP contribution in [0.15, 0.2) is 91.4 Å². The zero-order valence-corrected chi connectivity index (χ0v) is 21.3. The number of benzene rings is 2. The van der Waals surface area contributed by atoms with Crippen LogP contribution in [0.4, 0.5) is 5.69 Å². The van der Waals surface area contributed by atoms with Crippen molar-refractivity contribution in [2.45, 2.75) is 45.3 Å². The maximum absolute atomic E-state index is 6.04. The molecular weight excluding hydrogens is 452 g/mol. The molecule has 3 heterocycles. The van der Waals surface area contributed by atoms with E-state index in [9.17, 15) is 0 Å². The highest BCUT2D eigenvalue weighted by molar-refractivity contribution is 7.80. The topological polar surface area (TPSA) is 42.3 Å². The zero-order valence-electron chi connectivity index (χ0n) is 20.5. The number of hydrogen-bond acceptors (Lipinski definition) is 3. The van der Waals surface area contributed by atoms with E-state index in [0.717, 1.165) is 22.9 Å². The van der Waals surface area contributed by atoms with Gasteiger partial charge in [-0.15, -0.1) is 0 Å². The van der Waals surface area contributed by atoms with Crippen molar-refractivity contribution < 1.29 is 4.74 Å². The van der Waals surface area contributed by atoms with Gasteiger partial charge in [0.25, 0.3) is 0 Å². The van der Waals surface area contributed by atoms with Crippen LogP contribution in [0.3, 0.4) is 0 Å². The number of ether oxygens (including phenoxy) is 1. The van der Waals surface area contributed by atoms with Crippen LogP contribution >= 0.6 is 12.2 Å². The summed E-state index contributed by atoms with van der Waals surface area (Å²) in [5.74, 6) is 1.60. The third-order valence-electron chi connectivity index (χ3n) is 6.30. The lowest BCUT2D eigenvalue weighted by atomic mass is 9.98. The molecular formula is C29H30N4OS. The van der Waals surface area contributed by atoms with Gasteiger partial charge in [-0.3, -0.25) is 4.98 Å². The molecule has 1 saturated heterocycles. The Morgan fingerprint density at radius 3 is 2.20 bits per heavy atom. The first kappa shape index (κ1) is 23.1. The Kier molecular flexibility index (Phi) is 6.07. The molecule has 5 nitrogen and oxygen atoms in total. The van der Waals surface area contributed by atoms with Crippen LogP contribution < -0.4 is 15.0 Å². The number of rotatable bonds is 5. The summed E-state index contributed by atoms with van der Waals surface area (Å²) in [7, 11) is 0. The number of pyridine rings is 1. The largest absolute Gasteiger partial charge is 0.457 e. The second-order valence-electron chi connectivity index (χ2n) is 9.93. The average molecular weight is 483 g/mol. The lowest BCUT2D eigenvalue weighted by Gasteiger charge is -2.28. The minimum atomic E-state index is -0.0667. The maximum Gasteiger partial charge on any atom is 0.174 e. The van der Waals surface area contributed by atoms with Gasteiger partial charge in [0, 0.05) is 29.8 Å². The first-order chi connectivity index (χ1) is 16.8. The van der Waals surface area contributed by atoms with Gasteiger partial charge in [-0.05, 0) is 100 Å². The van der Waals surface area contributed by atoms with Gasteiger partial charge in [0.05, 0.1) is 17.8 Å². The van der Waals surface area contributed by atoms with Gasteiger partial charge in [-0.1, -0.05) is 23.8 Å². The molecule has 6 heteroatoms. The van der Waals surface area contributed by atoms with Gasteiger partial charge in [0.2, 0.25) is 0 Å². The molecule has 0 aliphatic carbocycles. The Bertz CT molecular complexity index is 1310. The normalized spacial score (nSPS) is 17.9. The molecule has 2 aromatic carbocycles. The van der Waals surface area contributed by atoms with Gasteiger partial charge in [0.15, 0.2) is 5.11 Å². The van der Waals surface area contributed by atoms with Gasteiger partial charge in [0.1, 0.15) is 11.5 Å². The number of nitrogens with one attached hydrogen (secondary N) is 1. The first-order valence-corrected chi connectivity index (χ1v) is 12.2. The van der Waals surface area contributed by atoms with Crippen molar-refractivity contribution in [2.75, 3.05) is 4.90 Å². The molecule has 2 aromatic heterocycles. The van der Waals surface area contributed by atoms with E-state index < -0.39 is 0 Å². The van der Waals surface area contributed by atoms with E-state index in [0.29, 0.717) is 5.11 Å². The molecule has 0 spiro atoms. The van der Waals surface area contributed by atoms with Crippen LogP contribution in [0.1, 0.15) is 49.7 Å². The number of aryl methyl sites for hydroxylation is 1. The van der Waals surface area contributed by atoms with Crippen LogP contribution in [-0.2, 0) is 5.54 Å². The fourth-order valence-electron chi connectivity index (χ4n) is 4.39. The number of thiocarbonyl (C=S) groups is 1. The van der Waals surface area contributed by atoms with Crippen molar-refractivity contribution in [3.05, 3.63) is 108 Å².